The summed E-state index contributed by atoms with van der Waals surface area (Å²) in [7, 11) is 0. The number of carbonyl (C=O) groups is 4. The lowest BCUT2D eigenvalue weighted by Gasteiger charge is -2.08. The number of imide groups is 4. The van der Waals surface area contributed by atoms with Crippen LogP contribution in [0.15, 0.2) is 12.2 Å². The smallest absolute Gasteiger partial charge is 0.280 e. The van der Waals surface area contributed by atoms with E-state index in [2.05, 4.69) is 0 Å². The highest BCUT2D eigenvalue weighted by Crippen LogP contribution is 2.02. The first-order valence-corrected chi connectivity index (χ1v) is 2.97. The highest BCUT2D eigenvalue weighted by molar-refractivity contribution is 6.23. The fourth-order valence-corrected chi connectivity index (χ4v) is 0.715. The van der Waals surface area contributed by atoms with Crippen molar-refractivity contribution in [3.63, 3.8) is 0 Å². The number of nitrogens with one attached hydrogen (secondary N) is 1. The average molecular weight is 168 g/mol. The van der Waals surface area contributed by atoms with E-state index in [4.69, 9.17) is 0 Å². The van der Waals surface area contributed by atoms with E-state index >= 15 is 0 Å². The fraction of sp³-hybridized carbons (Fsp3) is 0. The predicted octanol–water partition coefficient (Wildman–Crippen LogP) is -1.22. The van der Waals surface area contributed by atoms with Gasteiger partial charge < -0.3 is 0 Å². The van der Waals surface area contributed by atoms with Gasteiger partial charge in [-0.15, -0.1) is 0 Å². The Balaban J connectivity index is 2.76. The second kappa shape index (κ2) is 2.95. The first-order valence-electron chi connectivity index (χ1n) is 2.97. The summed E-state index contributed by atoms with van der Waals surface area (Å²) in [5.74, 6) is -1.50. The molecule has 5 amide bonds. The third-order valence-electron chi connectivity index (χ3n) is 1.19. The van der Waals surface area contributed by atoms with Gasteiger partial charge in [0.2, 0.25) is 6.41 Å². The fourth-order valence-electron chi connectivity index (χ4n) is 0.715. The van der Waals surface area contributed by atoms with E-state index < -0.39 is 17.8 Å². The summed E-state index contributed by atoms with van der Waals surface area (Å²) in [5.41, 5.74) is 0. The number of rotatable bonds is 1. The maximum Gasteiger partial charge on any atom is 0.338 e. The number of carbonyl (C=O) groups excluding carboxylic acids is 4. The van der Waals surface area contributed by atoms with Gasteiger partial charge in [0.1, 0.15) is 0 Å². The molecule has 0 aromatic rings. The largest absolute Gasteiger partial charge is 0.338 e. The van der Waals surface area contributed by atoms with Crippen molar-refractivity contribution in [2.45, 2.75) is 0 Å². The molecule has 0 bridgehead atoms. The number of hydrogen-bond acceptors (Lipinski definition) is 4. The minimum atomic E-state index is -1.04. The molecule has 0 spiro atoms. The third kappa shape index (κ3) is 1.22. The molecule has 12 heavy (non-hydrogen) atoms. The van der Waals surface area contributed by atoms with Gasteiger partial charge in [0, 0.05) is 12.2 Å². The van der Waals surface area contributed by atoms with Gasteiger partial charge in [0.25, 0.3) is 11.8 Å². The third-order valence-corrected chi connectivity index (χ3v) is 1.19. The van der Waals surface area contributed by atoms with Crippen LogP contribution < -0.4 is 5.32 Å². The second-order valence-electron chi connectivity index (χ2n) is 1.91. The van der Waals surface area contributed by atoms with E-state index in [-0.39, 0.29) is 6.41 Å². The van der Waals surface area contributed by atoms with Gasteiger partial charge in [-0.05, 0) is 0 Å². The highest BCUT2D eigenvalue weighted by Gasteiger charge is 2.29. The van der Waals surface area contributed by atoms with Gasteiger partial charge in [-0.2, -0.15) is 4.90 Å². The molecule has 6 heteroatoms. The topological polar surface area (TPSA) is 83.6 Å². The van der Waals surface area contributed by atoms with Crippen LogP contribution >= 0.6 is 0 Å². The van der Waals surface area contributed by atoms with Crippen molar-refractivity contribution < 1.29 is 19.2 Å². The highest BCUT2D eigenvalue weighted by atomic mass is 16.2. The van der Waals surface area contributed by atoms with Crippen LogP contribution in [-0.2, 0) is 14.4 Å². The van der Waals surface area contributed by atoms with Gasteiger partial charge in [-0.3, -0.25) is 19.7 Å². The molecule has 0 fully saturated rings. The lowest BCUT2D eigenvalue weighted by atomic mass is 10.6. The Hall–Kier alpha value is -1.98. The van der Waals surface area contributed by atoms with E-state index in [1.165, 1.54) is 0 Å². The molecule has 0 unspecified atom stereocenters. The Morgan fingerprint density at radius 3 is 2.25 bits per heavy atom. The van der Waals surface area contributed by atoms with Gasteiger partial charge in [0.15, 0.2) is 0 Å². The van der Waals surface area contributed by atoms with Crippen LogP contribution in [0.25, 0.3) is 0 Å². The quantitative estimate of drug-likeness (QED) is 0.392. The molecule has 1 aliphatic rings. The monoisotopic (exact) mass is 168 g/mol. The maximum atomic E-state index is 10.8. The molecule has 6 nitrogen and oxygen atoms in total. The van der Waals surface area contributed by atoms with Crippen molar-refractivity contribution in [3.8, 4) is 0 Å². The molecule has 0 atom stereocenters. The van der Waals surface area contributed by atoms with Crippen LogP contribution in [0.2, 0.25) is 0 Å². The molecule has 62 valence electrons. The standard InChI is InChI=1S/C6H4N2O4/c9-3-7-6(12)8-4(10)1-2-5(8)11/h1-3H,(H,7,9,12). The van der Waals surface area contributed by atoms with E-state index in [1.807, 2.05) is 0 Å². The minimum absolute atomic E-state index is 0.0984. The Bertz CT molecular complexity index is 276. The van der Waals surface area contributed by atoms with E-state index in [0.717, 1.165) is 12.2 Å². The van der Waals surface area contributed by atoms with Crippen LogP contribution in [0.1, 0.15) is 0 Å². The molecular weight excluding hydrogens is 164 g/mol. The summed E-state index contributed by atoms with van der Waals surface area (Å²) in [6.07, 6.45) is 2.00. The van der Waals surface area contributed by atoms with Crippen LogP contribution in [-0.4, -0.2) is 29.2 Å². The van der Waals surface area contributed by atoms with Crippen molar-refractivity contribution in [2.24, 2.45) is 0 Å². The number of hydrogen-bond donors (Lipinski definition) is 1. The molecule has 1 heterocycles. The van der Waals surface area contributed by atoms with E-state index in [9.17, 15) is 19.2 Å². The van der Waals surface area contributed by atoms with Crippen molar-refractivity contribution >= 4 is 24.3 Å². The molecule has 0 aromatic carbocycles. The zero-order chi connectivity index (χ0) is 9.14. The molecule has 1 rings (SSSR count). The van der Waals surface area contributed by atoms with Crippen LogP contribution in [0.4, 0.5) is 4.79 Å². The summed E-state index contributed by atoms with van der Waals surface area (Å²) in [6, 6.07) is -1.04. The summed E-state index contributed by atoms with van der Waals surface area (Å²) in [6.45, 7) is 0. The van der Waals surface area contributed by atoms with E-state index in [1.54, 1.807) is 5.32 Å². The average Bonchev–Trinajstić information content (AvgIpc) is 2.32. The SMILES string of the molecule is O=CNC(=O)N1C(=O)C=CC1=O. The zero-order valence-electron chi connectivity index (χ0n) is 5.81. The Morgan fingerprint density at radius 1 is 1.33 bits per heavy atom. The van der Waals surface area contributed by atoms with Crippen molar-refractivity contribution in [3.05, 3.63) is 12.2 Å². The predicted molar refractivity (Wildman–Crippen MR) is 35.6 cm³/mol. The van der Waals surface area contributed by atoms with Gasteiger partial charge in [0.05, 0.1) is 0 Å². The molecular formula is C6H4N2O4. The molecule has 0 aliphatic carbocycles. The molecule has 0 radical (unpaired) electrons. The van der Waals surface area contributed by atoms with Gasteiger partial charge in [-0.1, -0.05) is 0 Å². The van der Waals surface area contributed by atoms with Gasteiger partial charge in [-0.25, -0.2) is 4.79 Å². The number of nitrogens with zero attached hydrogens (tertiary/aromatic N) is 1. The lowest BCUT2D eigenvalue weighted by Crippen LogP contribution is -2.43. The first kappa shape index (κ1) is 8.12. The zero-order valence-corrected chi connectivity index (χ0v) is 5.81. The summed E-state index contributed by atoms with van der Waals surface area (Å²) in [5, 5.41) is 1.67. The molecule has 0 aromatic heterocycles. The Morgan fingerprint density at radius 2 is 1.83 bits per heavy atom. The molecule has 0 saturated carbocycles. The number of amides is 5. The summed E-state index contributed by atoms with van der Waals surface area (Å²) >= 11 is 0. The summed E-state index contributed by atoms with van der Waals surface area (Å²) < 4.78 is 0. The van der Waals surface area contributed by atoms with Crippen LogP contribution in [0.5, 0.6) is 0 Å². The van der Waals surface area contributed by atoms with Crippen LogP contribution in [0.3, 0.4) is 0 Å². The minimum Gasteiger partial charge on any atom is -0.280 e. The Kier molecular flexibility index (Phi) is 2.00. The molecule has 1 N–H and O–H groups in total. The summed E-state index contributed by atoms with van der Waals surface area (Å²) in [4.78, 5) is 42.4. The maximum absolute atomic E-state index is 10.8. The van der Waals surface area contributed by atoms with Crippen molar-refractivity contribution in [1.82, 2.24) is 10.2 Å². The second-order valence-corrected chi connectivity index (χ2v) is 1.91. The van der Waals surface area contributed by atoms with Crippen molar-refractivity contribution in [2.75, 3.05) is 0 Å². The molecule has 1 aliphatic heterocycles. The van der Waals surface area contributed by atoms with Crippen molar-refractivity contribution in [1.29, 1.82) is 0 Å². The number of urea groups is 1. The molecule has 0 saturated heterocycles. The lowest BCUT2D eigenvalue weighted by molar-refractivity contribution is -0.133. The van der Waals surface area contributed by atoms with E-state index in [0.29, 0.717) is 4.90 Å². The van der Waals surface area contributed by atoms with Gasteiger partial charge >= 0.3 is 6.03 Å². The normalized spacial score (nSPS) is 15.2. The Labute approximate surface area is 66.8 Å². The first-order chi connectivity index (χ1) is 5.66. The van der Waals surface area contributed by atoms with Crippen LogP contribution in [0, 0.1) is 0 Å².